The Kier molecular flexibility index (Phi) is 7.53. The van der Waals surface area contributed by atoms with Gasteiger partial charge in [0.1, 0.15) is 0 Å². The van der Waals surface area contributed by atoms with Gasteiger partial charge in [0.05, 0.1) is 12.7 Å². The third-order valence-electron chi connectivity index (χ3n) is 4.62. The van der Waals surface area contributed by atoms with Crippen molar-refractivity contribution < 1.29 is 4.74 Å². The summed E-state index contributed by atoms with van der Waals surface area (Å²) in [5, 5.41) is 3.51. The third-order valence-corrected chi connectivity index (χ3v) is 4.62. The third kappa shape index (κ3) is 7.08. The van der Waals surface area contributed by atoms with E-state index in [2.05, 4.69) is 46.9 Å². The zero-order chi connectivity index (χ0) is 15.2. The molecule has 2 nitrogen and oxygen atoms in total. The molecule has 1 aliphatic carbocycles. The Balaban J connectivity index is 2.18. The normalized spacial score (nSPS) is 28.1. The maximum atomic E-state index is 6.20. The largest absolute Gasteiger partial charge is 0.377 e. The molecule has 120 valence electrons. The van der Waals surface area contributed by atoms with Crippen LogP contribution in [0.2, 0.25) is 0 Å². The Bertz CT molecular complexity index is 257. The molecule has 1 fully saturated rings. The highest BCUT2D eigenvalue weighted by molar-refractivity contribution is 4.81. The molecule has 0 heterocycles. The molecule has 1 aliphatic rings. The zero-order valence-electron chi connectivity index (χ0n) is 14.7. The van der Waals surface area contributed by atoms with Crippen molar-refractivity contribution in [3.8, 4) is 0 Å². The second-order valence-corrected chi connectivity index (χ2v) is 8.30. The quantitative estimate of drug-likeness (QED) is 0.695. The SMILES string of the molecule is CC1CCC(C(C)C)C(OCCNCCC(C)(C)C)C1. The smallest absolute Gasteiger partial charge is 0.0608 e. The van der Waals surface area contributed by atoms with Crippen molar-refractivity contribution >= 4 is 0 Å². The van der Waals surface area contributed by atoms with E-state index >= 15 is 0 Å². The van der Waals surface area contributed by atoms with Gasteiger partial charge in [-0.2, -0.15) is 0 Å². The molecule has 3 unspecified atom stereocenters. The predicted molar refractivity (Wildman–Crippen MR) is 88.0 cm³/mol. The van der Waals surface area contributed by atoms with Gasteiger partial charge in [-0.1, -0.05) is 48.0 Å². The first-order valence-corrected chi connectivity index (χ1v) is 8.62. The first kappa shape index (κ1) is 18.0. The van der Waals surface area contributed by atoms with Crippen LogP contribution in [-0.2, 0) is 4.74 Å². The van der Waals surface area contributed by atoms with Crippen molar-refractivity contribution in [3.63, 3.8) is 0 Å². The van der Waals surface area contributed by atoms with Crippen LogP contribution in [0.3, 0.4) is 0 Å². The summed E-state index contributed by atoms with van der Waals surface area (Å²) in [6.45, 7) is 16.9. The first-order valence-electron chi connectivity index (χ1n) is 8.62. The molecule has 0 radical (unpaired) electrons. The molecule has 0 aromatic heterocycles. The van der Waals surface area contributed by atoms with Crippen molar-refractivity contribution in [3.05, 3.63) is 0 Å². The summed E-state index contributed by atoms with van der Waals surface area (Å²) < 4.78 is 6.20. The van der Waals surface area contributed by atoms with Crippen molar-refractivity contribution in [2.75, 3.05) is 19.7 Å². The maximum Gasteiger partial charge on any atom is 0.0608 e. The summed E-state index contributed by atoms with van der Waals surface area (Å²) in [5.74, 6) is 2.35. The van der Waals surface area contributed by atoms with Gasteiger partial charge in [0.25, 0.3) is 0 Å². The predicted octanol–water partition coefficient (Wildman–Crippen LogP) is 4.49. The number of rotatable bonds is 7. The van der Waals surface area contributed by atoms with Gasteiger partial charge >= 0.3 is 0 Å². The van der Waals surface area contributed by atoms with Crippen molar-refractivity contribution in [2.45, 2.75) is 73.3 Å². The second kappa shape index (κ2) is 8.38. The number of nitrogens with one attached hydrogen (secondary N) is 1. The van der Waals surface area contributed by atoms with Crippen LogP contribution in [-0.4, -0.2) is 25.8 Å². The average molecular weight is 284 g/mol. The molecule has 0 spiro atoms. The minimum atomic E-state index is 0.426. The Morgan fingerprint density at radius 3 is 2.45 bits per heavy atom. The number of hydrogen-bond donors (Lipinski definition) is 1. The molecule has 0 aromatic rings. The van der Waals surface area contributed by atoms with Gasteiger partial charge in [-0.3, -0.25) is 0 Å². The molecule has 1 saturated carbocycles. The van der Waals surface area contributed by atoms with E-state index in [0.717, 1.165) is 37.5 Å². The lowest BCUT2D eigenvalue weighted by Gasteiger charge is -2.37. The Morgan fingerprint density at radius 2 is 1.85 bits per heavy atom. The van der Waals surface area contributed by atoms with E-state index in [1.54, 1.807) is 0 Å². The molecule has 3 atom stereocenters. The average Bonchev–Trinajstić information content (AvgIpc) is 2.32. The van der Waals surface area contributed by atoms with Crippen LogP contribution in [0.15, 0.2) is 0 Å². The molecule has 0 aromatic carbocycles. The molecule has 1 rings (SSSR count). The van der Waals surface area contributed by atoms with E-state index in [4.69, 9.17) is 4.74 Å². The van der Waals surface area contributed by atoms with Crippen LogP contribution < -0.4 is 5.32 Å². The van der Waals surface area contributed by atoms with Crippen molar-refractivity contribution in [1.82, 2.24) is 5.32 Å². The minimum Gasteiger partial charge on any atom is -0.377 e. The van der Waals surface area contributed by atoms with E-state index in [1.165, 1.54) is 25.7 Å². The van der Waals surface area contributed by atoms with Gasteiger partial charge < -0.3 is 10.1 Å². The lowest BCUT2D eigenvalue weighted by atomic mass is 9.75. The fourth-order valence-electron chi connectivity index (χ4n) is 3.18. The maximum absolute atomic E-state index is 6.20. The van der Waals surface area contributed by atoms with Gasteiger partial charge in [-0.25, -0.2) is 0 Å². The van der Waals surface area contributed by atoms with E-state index in [9.17, 15) is 0 Å². The van der Waals surface area contributed by atoms with E-state index in [-0.39, 0.29) is 0 Å². The molecule has 0 aliphatic heterocycles. The zero-order valence-corrected chi connectivity index (χ0v) is 14.7. The van der Waals surface area contributed by atoms with Crippen LogP contribution in [0.25, 0.3) is 0 Å². The number of ether oxygens (including phenoxy) is 1. The summed E-state index contributed by atoms with van der Waals surface area (Å²) in [5.41, 5.74) is 0.426. The van der Waals surface area contributed by atoms with Gasteiger partial charge in [-0.05, 0) is 49.0 Å². The van der Waals surface area contributed by atoms with Gasteiger partial charge in [-0.15, -0.1) is 0 Å². The van der Waals surface area contributed by atoms with E-state index < -0.39 is 0 Å². The van der Waals surface area contributed by atoms with Gasteiger partial charge in [0.15, 0.2) is 0 Å². The Labute approximate surface area is 127 Å². The Morgan fingerprint density at radius 1 is 1.15 bits per heavy atom. The van der Waals surface area contributed by atoms with E-state index in [1.807, 2.05) is 0 Å². The monoisotopic (exact) mass is 283 g/mol. The molecule has 0 bridgehead atoms. The first-order chi connectivity index (χ1) is 9.29. The van der Waals surface area contributed by atoms with Gasteiger partial charge in [0.2, 0.25) is 0 Å². The minimum absolute atomic E-state index is 0.426. The van der Waals surface area contributed by atoms with Crippen LogP contribution in [0.5, 0.6) is 0 Å². The van der Waals surface area contributed by atoms with Crippen LogP contribution >= 0.6 is 0 Å². The van der Waals surface area contributed by atoms with Crippen molar-refractivity contribution in [2.24, 2.45) is 23.2 Å². The summed E-state index contributed by atoms with van der Waals surface area (Å²) >= 11 is 0. The fourth-order valence-corrected chi connectivity index (χ4v) is 3.18. The van der Waals surface area contributed by atoms with Crippen molar-refractivity contribution in [1.29, 1.82) is 0 Å². The second-order valence-electron chi connectivity index (χ2n) is 8.30. The Hall–Kier alpha value is -0.0800. The summed E-state index contributed by atoms with van der Waals surface area (Å²) in [6.07, 6.45) is 5.70. The molecule has 20 heavy (non-hydrogen) atoms. The summed E-state index contributed by atoms with van der Waals surface area (Å²) in [7, 11) is 0. The number of hydrogen-bond acceptors (Lipinski definition) is 2. The van der Waals surface area contributed by atoms with E-state index in [0.29, 0.717) is 11.5 Å². The van der Waals surface area contributed by atoms with Gasteiger partial charge in [0, 0.05) is 6.54 Å². The van der Waals surface area contributed by atoms with Crippen LogP contribution in [0, 0.1) is 23.2 Å². The fraction of sp³-hybridized carbons (Fsp3) is 1.00. The highest BCUT2D eigenvalue weighted by Crippen LogP contribution is 2.35. The molecule has 0 saturated heterocycles. The molecule has 0 amide bonds. The highest BCUT2D eigenvalue weighted by atomic mass is 16.5. The van der Waals surface area contributed by atoms with Crippen LogP contribution in [0.1, 0.15) is 67.2 Å². The molecular formula is C18H37NO. The lowest BCUT2D eigenvalue weighted by Crippen LogP contribution is -2.36. The standard InChI is InChI=1S/C18H37NO/c1-14(2)16-8-7-15(3)13-17(16)20-12-11-19-10-9-18(4,5)6/h14-17,19H,7-13H2,1-6H3. The topological polar surface area (TPSA) is 21.3 Å². The molecule has 1 N–H and O–H groups in total. The van der Waals surface area contributed by atoms with Crippen LogP contribution in [0.4, 0.5) is 0 Å². The summed E-state index contributed by atoms with van der Waals surface area (Å²) in [6, 6.07) is 0. The highest BCUT2D eigenvalue weighted by Gasteiger charge is 2.31. The lowest BCUT2D eigenvalue weighted by molar-refractivity contribution is -0.0367. The summed E-state index contributed by atoms with van der Waals surface area (Å²) in [4.78, 5) is 0. The molecular weight excluding hydrogens is 246 g/mol. The molecule has 2 heteroatoms.